The van der Waals surface area contributed by atoms with Gasteiger partial charge >= 0.3 is 6.18 Å². The van der Waals surface area contributed by atoms with Crippen LogP contribution in [0, 0.1) is 0 Å². The van der Waals surface area contributed by atoms with E-state index in [1.165, 1.54) is 6.07 Å². The van der Waals surface area contributed by atoms with Gasteiger partial charge in [-0.05, 0) is 36.6 Å². The van der Waals surface area contributed by atoms with Crippen LogP contribution in [0.25, 0.3) is 15.9 Å². The molecule has 0 spiro atoms. The first-order valence-corrected chi connectivity index (χ1v) is 12.8. The number of thiophene rings is 1. The normalized spacial score (nSPS) is 19.5. The summed E-state index contributed by atoms with van der Waals surface area (Å²) in [5.41, 5.74) is 2.16. The van der Waals surface area contributed by atoms with E-state index < -0.39 is 18.7 Å². The van der Waals surface area contributed by atoms with Gasteiger partial charge in [0.1, 0.15) is 10.6 Å². The van der Waals surface area contributed by atoms with E-state index >= 15 is 0 Å². The zero-order valence-electron chi connectivity index (χ0n) is 20.8. The Labute approximate surface area is 228 Å². The van der Waals surface area contributed by atoms with E-state index in [0.29, 0.717) is 41.4 Å². The van der Waals surface area contributed by atoms with Crippen molar-refractivity contribution >= 4 is 45.7 Å². The number of nitrogens with zero attached hydrogens (tertiary/aromatic N) is 5. The van der Waals surface area contributed by atoms with Gasteiger partial charge in [-0.25, -0.2) is 9.97 Å². The SMILES string of the molecule is CNc1nc(N(C)[C@H]2C[C@@H](NCc3ccc(-n4ccnc4)cc3)C[C@H]2O)c2cc(CC(F)(F)F)sc2n1.Cl. The Morgan fingerprint density at radius 1 is 1.18 bits per heavy atom. The molecule has 8 nitrogen and oxygen atoms in total. The minimum atomic E-state index is -4.30. The van der Waals surface area contributed by atoms with Crippen LogP contribution in [0.3, 0.4) is 0 Å². The molecule has 4 aromatic rings. The first-order valence-electron chi connectivity index (χ1n) is 12.0. The van der Waals surface area contributed by atoms with Gasteiger partial charge in [0.25, 0.3) is 0 Å². The average molecular weight is 568 g/mol. The molecule has 1 aromatic carbocycles. The number of hydrogen-bond acceptors (Lipinski definition) is 8. The maximum atomic E-state index is 13.0. The molecule has 5 rings (SSSR count). The second kappa shape index (κ2) is 11.4. The lowest BCUT2D eigenvalue weighted by Crippen LogP contribution is -2.38. The van der Waals surface area contributed by atoms with Crippen LogP contribution in [0.1, 0.15) is 23.3 Å². The Bertz CT molecular complexity index is 1350. The molecule has 38 heavy (non-hydrogen) atoms. The topological polar surface area (TPSA) is 91.1 Å². The van der Waals surface area contributed by atoms with Crippen molar-refractivity contribution in [2.24, 2.45) is 0 Å². The molecular weight excluding hydrogens is 539 g/mol. The first-order chi connectivity index (χ1) is 17.7. The fourth-order valence-electron chi connectivity index (χ4n) is 4.81. The largest absolute Gasteiger partial charge is 0.393 e. The van der Waals surface area contributed by atoms with Crippen molar-refractivity contribution in [3.05, 3.63) is 59.5 Å². The van der Waals surface area contributed by atoms with Crippen LogP contribution in [0.5, 0.6) is 0 Å². The number of aliphatic hydroxyl groups excluding tert-OH is 1. The van der Waals surface area contributed by atoms with E-state index in [1.807, 2.05) is 34.8 Å². The molecule has 3 atom stereocenters. The summed E-state index contributed by atoms with van der Waals surface area (Å²) in [6.07, 6.45) is 0.704. The number of likely N-dealkylation sites (N-methyl/N-ethyl adjacent to an activating group) is 1. The third-order valence-electron chi connectivity index (χ3n) is 6.68. The monoisotopic (exact) mass is 567 g/mol. The summed E-state index contributed by atoms with van der Waals surface area (Å²) in [5.74, 6) is 0.842. The van der Waals surface area contributed by atoms with Crippen molar-refractivity contribution in [3.8, 4) is 5.69 Å². The lowest BCUT2D eigenvalue weighted by molar-refractivity contribution is -0.126. The third-order valence-corrected chi connectivity index (χ3v) is 7.71. The molecule has 204 valence electrons. The van der Waals surface area contributed by atoms with Crippen LogP contribution in [0.4, 0.5) is 24.9 Å². The average Bonchev–Trinajstić information content (AvgIpc) is 3.60. The van der Waals surface area contributed by atoms with E-state index in [0.717, 1.165) is 22.6 Å². The number of fused-ring (bicyclic) bond motifs is 1. The molecule has 0 unspecified atom stereocenters. The summed E-state index contributed by atoms with van der Waals surface area (Å²) in [5, 5.41) is 17.9. The van der Waals surface area contributed by atoms with Crippen LogP contribution >= 0.6 is 23.7 Å². The number of aliphatic hydroxyl groups is 1. The molecule has 0 aliphatic heterocycles. The fourth-order valence-corrected chi connectivity index (χ4v) is 5.87. The van der Waals surface area contributed by atoms with Crippen molar-refractivity contribution in [3.63, 3.8) is 0 Å². The maximum absolute atomic E-state index is 13.0. The van der Waals surface area contributed by atoms with Gasteiger partial charge in [0.05, 0.1) is 30.3 Å². The Morgan fingerprint density at radius 2 is 1.95 bits per heavy atom. The lowest BCUT2D eigenvalue weighted by atomic mass is 10.1. The molecule has 3 heterocycles. The predicted molar refractivity (Wildman–Crippen MR) is 146 cm³/mol. The maximum Gasteiger partial charge on any atom is 0.393 e. The molecule has 0 amide bonds. The minimum Gasteiger partial charge on any atom is -0.391 e. The highest BCUT2D eigenvalue weighted by Gasteiger charge is 2.37. The summed E-state index contributed by atoms with van der Waals surface area (Å²) in [4.78, 5) is 15.5. The van der Waals surface area contributed by atoms with Gasteiger partial charge in [-0.3, -0.25) is 0 Å². The van der Waals surface area contributed by atoms with Crippen LogP contribution in [-0.4, -0.2) is 63.1 Å². The van der Waals surface area contributed by atoms with Crippen LogP contribution in [0.2, 0.25) is 0 Å². The van der Waals surface area contributed by atoms with Gasteiger partial charge < -0.3 is 25.2 Å². The van der Waals surface area contributed by atoms with E-state index in [2.05, 4.69) is 37.7 Å². The molecule has 1 saturated carbocycles. The predicted octanol–water partition coefficient (Wildman–Crippen LogP) is 4.56. The number of imidazole rings is 1. The quantitative estimate of drug-likeness (QED) is 0.287. The van der Waals surface area contributed by atoms with Gasteiger partial charge in [-0.15, -0.1) is 23.7 Å². The lowest BCUT2D eigenvalue weighted by Gasteiger charge is -2.29. The standard InChI is InChI=1S/C25H28F3N7OS.ClH/c1-29-24-32-22(19-11-18(12-25(26,27)28)37-23(19)33-24)34(2)20-9-16(10-21(20)36)31-13-15-3-5-17(6-4-15)35-8-7-30-14-35;/h3-8,11,14,16,20-21,31,36H,9-10,12-13H2,1-2H3,(H,29,32,33);1H/t16-,20+,21-;/m1./s1. The Kier molecular flexibility index (Phi) is 8.46. The number of hydrogen-bond donors (Lipinski definition) is 3. The third kappa shape index (κ3) is 6.20. The molecule has 1 aliphatic carbocycles. The number of benzene rings is 1. The molecule has 3 aromatic heterocycles. The number of nitrogens with one attached hydrogen (secondary N) is 2. The van der Waals surface area contributed by atoms with Crippen LogP contribution < -0.4 is 15.5 Å². The number of anilines is 2. The smallest absolute Gasteiger partial charge is 0.391 e. The highest BCUT2D eigenvalue weighted by Crippen LogP contribution is 2.37. The zero-order valence-corrected chi connectivity index (χ0v) is 22.4. The molecule has 0 bridgehead atoms. The molecule has 1 aliphatic rings. The van der Waals surface area contributed by atoms with Crippen molar-refractivity contribution in [1.29, 1.82) is 0 Å². The first kappa shape index (κ1) is 28.1. The molecule has 13 heteroatoms. The van der Waals surface area contributed by atoms with Gasteiger partial charge in [0.15, 0.2) is 0 Å². The highest BCUT2D eigenvalue weighted by molar-refractivity contribution is 7.18. The van der Waals surface area contributed by atoms with Crippen molar-refractivity contribution < 1.29 is 18.3 Å². The Balaban J connectivity index is 0.00000336. The minimum absolute atomic E-state index is 0. The molecule has 0 saturated heterocycles. The molecule has 3 N–H and O–H groups in total. The fraction of sp³-hybridized carbons (Fsp3) is 0.400. The van der Waals surface area contributed by atoms with Gasteiger partial charge in [0, 0.05) is 49.6 Å². The van der Waals surface area contributed by atoms with E-state index in [1.54, 1.807) is 19.6 Å². The van der Waals surface area contributed by atoms with E-state index in [-0.39, 0.29) is 29.4 Å². The second-order valence-electron chi connectivity index (χ2n) is 9.28. The van der Waals surface area contributed by atoms with Gasteiger partial charge in [-0.1, -0.05) is 12.1 Å². The summed E-state index contributed by atoms with van der Waals surface area (Å²) in [7, 11) is 3.49. The van der Waals surface area contributed by atoms with Gasteiger partial charge in [-0.2, -0.15) is 18.2 Å². The van der Waals surface area contributed by atoms with E-state index in [4.69, 9.17) is 0 Å². The number of rotatable bonds is 8. The molecule has 1 fully saturated rings. The summed E-state index contributed by atoms with van der Waals surface area (Å²) in [6.45, 7) is 0.658. The second-order valence-corrected chi connectivity index (χ2v) is 10.4. The van der Waals surface area contributed by atoms with E-state index in [9.17, 15) is 18.3 Å². The van der Waals surface area contributed by atoms with Gasteiger partial charge in [0.2, 0.25) is 5.95 Å². The number of alkyl halides is 3. The Hall–Kier alpha value is -2.93. The summed E-state index contributed by atoms with van der Waals surface area (Å²) >= 11 is 1.02. The zero-order chi connectivity index (χ0) is 26.2. The summed E-state index contributed by atoms with van der Waals surface area (Å²) < 4.78 is 40.9. The molecular formula is C25H29ClF3N7OS. The van der Waals surface area contributed by atoms with Crippen molar-refractivity contribution in [2.45, 2.75) is 50.2 Å². The van der Waals surface area contributed by atoms with Crippen molar-refractivity contribution in [1.82, 2.24) is 24.8 Å². The number of aromatic nitrogens is 4. The van der Waals surface area contributed by atoms with Crippen molar-refractivity contribution in [2.75, 3.05) is 24.3 Å². The van der Waals surface area contributed by atoms with Crippen LogP contribution in [0.15, 0.2) is 49.1 Å². The van der Waals surface area contributed by atoms with Crippen LogP contribution in [-0.2, 0) is 13.0 Å². The molecule has 0 radical (unpaired) electrons. The Morgan fingerprint density at radius 3 is 2.61 bits per heavy atom. The summed E-state index contributed by atoms with van der Waals surface area (Å²) in [6, 6.07) is 9.55. The highest BCUT2D eigenvalue weighted by atomic mass is 35.5. The number of halogens is 4.